The monoisotopic (exact) mass is 303 g/mol. The minimum atomic E-state index is -1.39. The molecular weight excluding hydrogens is 282 g/mol. The van der Waals surface area contributed by atoms with Crippen molar-refractivity contribution in [1.82, 2.24) is 16.0 Å². The average Bonchev–Trinajstić information content (AvgIpc) is 2.36. The van der Waals surface area contributed by atoms with Crippen LogP contribution >= 0.6 is 0 Å². The Morgan fingerprint density at radius 3 is 2.24 bits per heavy atom. The van der Waals surface area contributed by atoms with E-state index in [0.717, 1.165) is 7.11 Å². The zero-order valence-electron chi connectivity index (χ0n) is 12.3. The topological polar surface area (TPSA) is 134 Å². The van der Waals surface area contributed by atoms with Crippen molar-refractivity contribution in [1.29, 1.82) is 0 Å². The molecule has 9 heteroatoms. The molecule has 4 N–H and O–H groups in total. The van der Waals surface area contributed by atoms with Crippen LogP contribution in [0.5, 0.6) is 0 Å². The fourth-order valence-corrected chi connectivity index (χ4v) is 1.34. The van der Waals surface area contributed by atoms with Gasteiger partial charge in [-0.15, -0.1) is 0 Å². The van der Waals surface area contributed by atoms with Crippen molar-refractivity contribution in [2.75, 3.05) is 13.7 Å². The van der Waals surface area contributed by atoms with Crippen LogP contribution in [-0.4, -0.2) is 54.7 Å². The van der Waals surface area contributed by atoms with Gasteiger partial charge >= 0.3 is 18.0 Å². The smallest absolute Gasteiger partial charge is 0.326 e. The van der Waals surface area contributed by atoms with Gasteiger partial charge in [0.1, 0.15) is 6.04 Å². The van der Waals surface area contributed by atoms with Crippen LogP contribution in [0, 0.1) is 0 Å². The molecule has 0 saturated carbocycles. The summed E-state index contributed by atoms with van der Waals surface area (Å²) in [6, 6.07) is -2.16. The Morgan fingerprint density at radius 2 is 1.76 bits per heavy atom. The first-order valence-electron chi connectivity index (χ1n) is 6.39. The molecule has 0 aromatic carbocycles. The maximum atomic E-state index is 11.5. The zero-order valence-corrected chi connectivity index (χ0v) is 12.3. The van der Waals surface area contributed by atoms with Crippen molar-refractivity contribution >= 4 is 23.9 Å². The number of amides is 3. The molecular formula is C12H21N3O6. The minimum absolute atomic E-state index is 0.00257. The van der Waals surface area contributed by atoms with Crippen molar-refractivity contribution in [3.8, 4) is 0 Å². The Balaban J connectivity index is 4.12. The highest BCUT2D eigenvalue weighted by Gasteiger charge is 2.23. The van der Waals surface area contributed by atoms with Gasteiger partial charge in [-0.25, -0.2) is 9.59 Å². The van der Waals surface area contributed by atoms with E-state index in [9.17, 15) is 19.2 Å². The van der Waals surface area contributed by atoms with Gasteiger partial charge in [0, 0.05) is 19.0 Å². The molecule has 0 heterocycles. The van der Waals surface area contributed by atoms with Gasteiger partial charge < -0.3 is 25.8 Å². The largest absolute Gasteiger partial charge is 0.480 e. The zero-order chi connectivity index (χ0) is 16.4. The van der Waals surface area contributed by atoms with Crippen molar-refractivity contribution in [2.45, 2.75) is 38.8 Å². The maximum Gasteiger partial charge on any atom is 0.326 e. The van der Waals surface area contributed by atoms with Gasteiger partial charge in [0.05, 0.1) is 13.5 Å². The maximum absolute atomic E-state index is 11.5. The van der Waals surface area contributed by atoms with Gasteiger partial charge in [-0.3, -0.25) is 9.59 Å². The lowest BCUT2D eigenvalue weighted by Gasteiger charge is -2.14. The summed E-state index contributed by atoms with van der Waals surface area (Å²) in [4.78, 5) is 44.7. The lowest BCUT2D eigenvalue weighted by Crippen LogP contribution is -2.47. The van der Waals surface area contributed by atoms with Gasteiger partial charge in [-0.1, -0.05) is 0 Å². The molecule has 21 heavy (non-hydrogen) atoms. The van der Waals surface area contributed by atoms with Crippen LogP contribution in [0.1, 0.15) is 26.7 Å². The highest BCUT2D eigenvalue weighted by atomic mass is 16.5. The Morgan fingerprint density at radius 1 is 1.14 bits per heavy atom. The second-order valence-electron chi connectivity index (χ2n) is 4.54. The van der Waals surface area contributed by atoms with Crippen LogP contribution < -0.4 is 16.0 Å². The summed E-state index contributed by atoms with van der Waals surface area (Å²) in [5, 5.41) is 16.0. The third-order valence-corrected chi connectivity index (χ3v) is 2.29. The average molecular weight is 303 g/mol. The molecule has 0 aliphatic heterocycles. The number of esters is 1. The summed E-state index contributed by atoms with van der Waals surface area (Å²) in [6.45, 7) is 3.67. The van der Waals surface area contributed by atoms with E-state index >= 15 is 0 Å². The van der Waals surface area contributed by atoms with E-state index in [1.54, 1.807) is 0 Å². The normalized spacial score (nSPS) is 11.4. The Bertz CT molecular complexity index is 396. The predicted molar refractivity (Wildman–Crippen MR) is 72.5 cm³/mol. The number of nitrogens with one attached hydrogen (secondary N) is 3. The van der Waals surface area contributed by atoms with Gasteiger partial charge in [0.25, 0.3) is 0 Å². The van der Waals surface area contributed by atoms with E-state index in [-0.39, 0.29) is 24.9 Å². The molecule has 0 radical (unpaired) electrons. The predicted octanol–water partition coefficient (Wildman–Crippen LogP) is -0.783. The fourth-order valence-electron chi connectivity index (χ4n) is 1.34. The van der Waals surface area contributed by atoms with Crippen molar-refractivity contribution in [2.24, 2.45) is 0 Å². The number of aliphatic carboxylic acids is 1. The third-order valence-electron chi connectivity index (χ3n) is 2.29. The lowest BCUT2D eigenvalue weighted by molar-refractivity contribution is -0.147. The molecule has 0 rings (SSSR count). The van der Waals surface area contributed by atoms with Gasteiger partial charge in [-0.2, -0.15) is 0 Å². The summed E-state index contributed by atoms with van der Waals surface area (Å²) < 4.78 is 4.34. The first-order chi connectivity index (χ1) is 9.76. The summed E-state index contributed by atoms with van der Waals surface area (Å²) in [5.74, 6) is -2.33. The number of methoxy groups -OCH3 is 1. The summed E-state index contributed by atoms with van der Waals surface area (Å²) in [5.41, 5.74) is 0. The van der Waals surface area contributed by atoms with Crippen LogP contribution in [0.4, 0.5) is 4.79 Å². The lowest BCUT2D eigenvalue weighted by atomic mass is 10.2. The van der Waals surface area contributed by atoms with Crippen LogP contribution in [-0.2, 0) is 19.1 Å². The molecule has 9 nitrogen and oxygen atoms in total. The highest BCUT2D eigenvalue weighted by molar-refractivity contribution is 5.86. The van der Waals surface area contributed by atoms with E-state index in [4.69, 9.17) is 5.11 Å². The van der Waals surface area contributed by atoms with Gasteiger partial charge in [-0.05, 0) is 13.8 Å². The number of hydrogen-bond acceptors (Lipinski definition) is 5. The first-order valence-corrected chi connectivity index (χ1v) is 6.39. The SMILES string of the molecule is COC(=O)C[C@H](NC(=O)NCCC(=O)NC(C)C)C(=O)O. The summed E-state index contributed by atoms with van der Waals surface area (Å²) in [6.07, 6.45) is -0.409. The minimum Gasteiger partial charge on any atom is -0.480 e. The number of carbonyl (C=O) groups is 4. The number of ether oxygens (including phenoxy) is 1. The molecule has 3 amide bonds. The second-order valence-corrected chi connectivity index (χ2v) is 4.54. The summed E-state index contributed by atoms with van der Waals surface area (Å²) >= 11 is 0. The Hall–Kier alpha value is -2.32. The quantitative estimate of drug-likeness (QED) is 0.434. The van der Waals surface area contributed by atoms with E-state index in [2.05, 4.69) is 20.7 Å². The fraction of sp³-hybridized carbons (Fsp3) is 0.667. The molecule has 0 spiro atoms. The molecule has 120 valence electrons. The molecule has 0 fully saturated rings. The van der Waals surface area contributed by atoms with E-state index in [0.29, 0.717) is 0 Å². The molecule has 1 atom stereocenters. The Kier molecular flexibility index (Phi) is 8.51. The van der Waals surface area contributed by atoms with Crippen LogP contribution in [0.3, 0.4) is 0 Å². The number of urea groups is 1. The van der Waals surface area contributed by atoms with Crippen molar-refractivity contribution in [3.63, 3.8) is 0 Å². The summed E-state index contributed by atoms with van der Waals surface area (Å²) in [7, 11) is 1.12. The number of hydrogen-bond donors (Lipinski definition) is 4. The van der Waals surface area contributed by atoms with Crippen molar-refractivity contribution in [3.05, 3.63) is 0 Å². The second kappa shape index (κ2) is 9.56. The third kappa shape index (κ3) is 9.25. The van der Waals surface area contributed by atoms with E-state index < -0.39 is 30.4 Å². The molecule has 0 bridgehead atoms. The van der Waals surface area contributed by atoms with Gasteiger partial charge in [0.15, 0.2) is 0 Å². The van der Waals surface area contributed by atoms with Crippen LogP contribution in [0.2, 0.25) is 0 Å². The number of carboxylic acids is 1. The molecule has 0 unspecified atom stereocenters. The van der Waals surface area contributed by atoms with Crippen LogP contribution in [0.25, 0.3) is 0 Å². The number of carbonyl (C=O) groups excluding carboxylic acids is 3. The van der Waals surface area contributed by atoms with E-state index in [1.165, 1.54) is 0 Å². The number of carboxylic acid groups (broad SMARTS) is 1. The van der Waals surface area contributed by atoms with E-state index in [1.807, 2.05) is 13.8 Å². The molecule has 0 aromatic heterocycles. The molecule has 0 saturated heterocycles. The molecule has 0 aromatic rings. The Labute approximate surface area is 122 Å². The molecule has 0 aliphatic rings. The van der Waals surface area contributed by atoms with Crippen molar-refractivity contribution < 1.29 is 29.0 Å². The van der Waals surface area contributed by atoms with Gasteiger partial charge in [0.2, 0.25) is 5.91 Å². The van der Waals surface area contributed by atoms with Crippen LogP contribution in [0.15, 0.2) is 0 Å². The molecule has 0 aliphatic carbocycles. The first kappa shape index (κ1) is 18.7. The number of rotatable bonds is 8. The standard InChI is InChI=1S/C12H21N3O6/c1-7(2)14-9(16)4-5-13-12(20)15-8(11(18)19)6-10(17)21-3/h7-8H,4-6H2,1-3H3,(H,14,16)(H,18,19)(H2,13,15,20)/t8-/m0/s1. The highest BCUT2D eigenvalue weighted by Crippen LogP contribution is 1.95.